The van der Waals surface area contributed by atoms with Gasteiger partial charge in [0.25, 0.3) is 0 Å². The fourth-order valence-electron chi connectivity index (χ4n) is 3.11. The highest BCUT2D eigenvalue weighted by atomic mass is 16.6. The van der Waals surface area contributed by atoms with Crippen LogP contribution in [0.5, 0.6) is 11.5 Å². The van der Waals surface area contributed by atoms with Crippen LogP contribution in [-0.4, -0.2) is 25.2 Å². The number of nitro groups is 1. The number of ether oxygens (including phenoxy) is 2. The van der Waals surface area contributed by atoms with Gasteiger partial charge in [-0.05, 0) is 31.0 Å². The monoisotopic (exact) mass is 328 g/mol. The van der Waals surface area contributed by atoms with Crippen molar-refractivity contribution in [2.75, 3.05) is 25.2 Å². The number of hydrogen-bond acceptors (Lipinski definition) is 5. The quantitative estimate of drug-likeness (QED) is 0.620. The normalized spacial score (nSPS) is 13.3. The van der Waals surface area contributed by atoms with Gasteiger partial charge in [0.2, 0.25) is 0 Å². The number of anilines is 1. The average molecular weight is 328 g/mol. The van der Waals surface area contributed by atoms with E-state index < -0.39 is 4.92 Å². The molecule has 24 heavy (non-hydrogen) atoms. The van der Waals surface area contributed by atoms with Gasteiger partial charge in [0, 0.05) is 36.5 Å². The Labute approximate surface area is 140 Å². The summed E-state index contributed by atoms with van der Waals surface area (Å²) in [6.07, 6.45) is 0.875. The minimum absolute atomic E-state index is 0.000297. The fourth-order valence-corrected chi connectivity index (χ4v) is 3.11. The van der Waals surface area contributed by atoms with Crippen LogP contribution in [0.4, 0.5) is 11.4 Å². The molecule has 0 spiro atoms. The molecule has 0 radical (unpaired) electrons. The van der Waals surface area contributed by atoms with Gasteiger partial charge in [-0.3, -0.25) is 10.1 Å². The molecule has 2 aromatic rings. The van der Waals surface area contributed by atoms with Crippen LogP contribution in [0.3, 0.4) is 0 Å². The van der Waals surface area contributed by atoms with Crippen LogP contribution in [-0.2, 0) is 13.0 Å². The van der Waals surface area contributed by atoms with Gasteiger partial charge in [0.05, 0.1) is 18.6 Å². The molecule has 1 aliphatic heterocycles. The molecule has 0 bridgehead atoms. The van der Waals surface area contributed by atoms with Gasteiger partial charge in [-0.15, -0.1) is 0 Å². The number of benzene rings is 2. The second kappa shape index (κ2) is 6.78. The second-order valence-electron chi connectivity index (χ2n) is 5.61. The Balaban J connectivity index is 1.90. The first-order valence-corrected chi connectivity index (χ1v) is 7.95. The average Bonchev–Trinajstić information content (AvgIpc) is 2.60. The predicted molar refractivity (Wildman–Crippen MR) is 92.0 cm³/mol. The Morgan fingerprint density at radius 1 is 1.25 bits per heavy atom. The molecular weight excluding hydrogens is 308 g/mol. The van der Waals surface area contributed by atoms with Crippen molar-refractivity contribution in [3.05, 3.63) is 57.6 Å². The lowest BCUT2D eigenvalue weighted by Crippen LogP contribution is -2.30. The maximum absolute atomic E-state index is 11.1. The molecule has 0 N–H and O–H groups in total. The highest BCUT2D eigenvalue weighted by Gasteiger charge is 2.22. The highest BCUT2D eigenvalue weighted by molar-refractivity contribution is 5.60. The number of methoxy groups -OCH3 is 1. The highest BCUT2D eigenvalue weighted by Crippen LogP contribution is 2.35. The van der Waals surface area contributed by atoms with Gasteiger partial charge in [0.1, 0.15) is 5.75 Å². The van der Waals surface area contributed by atoms with Gasteiger partial charge < -0.3 is 14.4 Å². The Morgan fingerprint density at radius 2 is 2.08 bits per heavy atom. The molecular formula is C18H20N2O4. The van der Waals surface area contributed by atoms with Crippen molar-refractivity contribution in [3.63, 3.8) is 0 Å². The van der Waals surface area contributed by atoms with Crippen LogP contribution in [0.25, 0.3) is 0 Å². The van der Waals surface area contributed by atoms with Crippen LogP contribution in [0.2, 0.25) is 0 Å². The minimum Gasteiger partial charge on any atom is -0.496 e. The van der Waals surface area contributed by atoms with Crippen LogP contribution in [0, 0.1) is 10.1 Å². The van der Waals surface area contributed by atoms with E-state index in [9.17, 15) is 10.1 Å². The lowest BCUT2D eigenvalue weighted by Gasteiger charge is -2.31. The fraction of sp³-hybridized carbons (Fsp3) is 0.333. The molecule has 2 aromatic carbocycles. The lowest BCUT2D eigenvalue weighted by molar-refractivity contribution is -0.385. The van der Waals surface area contributed by atoms with Gasteiger partial charge >= 0.3 is 5.69 Å². The summed E-state index contributed by atoms with van der Waals surface area (Å²) in [5.74, 6) is 1.24. The zero-order valence-electron chi connectivity index (χ0n) is 13.8. The predicted octanol–water partition coefficient (Wildman–Crippen LogP) is 3.56. The summed E-state index contributed by atoms with van der Waals surface area (Å²) in [5.41, 5.74) is 3.39. The van der Waals surface area contributed by atoms with E-state index in [0.717, 1.165) is 30.9 Å². The largest absolute Gasteiger partial charge is 0.496 e. The summed E-state index contributed by atoms with van der Waals surface area (Å²) in [6, 6.07) is 11.1. The molecule has 1 heterocycles. The van der Waals surface area contributed by atoms with Crippen molar-refractivity contribution < 1.29 is 14.4 Å². The van der Waals surface area contributed by atoms with Crippen molar-refractivity contribution in [3.8, 4) is 11.5 Å². The van der Waals surface area contributed by atoms with E-state index >= 15 is 0 Å². The molecule has 1 aliphatic rings. The minimum atomic E-state index is -0.412. The van der Waals surface area contributed by atoms with E-state index in [0.29, 0.717) is 12.4 Å². The SMILES string of the molecule is CCOc1cc(N2CCc3c(cccc3OC)C2)ccc1[N+](=O)[O-]. The summed E-state index contributed by atoms with van der Waals surface area (Å²) in [4.78, 5) is 12.9. The number of fused-ring (bicyclic) bond motifs is 1. The molecule has 0 saturated heterocycles. The Hall–Kier alpha value is -2.76. The Morgan fingerprint density at radius 3 is 2.79 bits per heavy atom. The third-order valence-corrected chi connectivity index (χ3v) is 4.25. The maximum Gasteiger partial charge on any atom is 0.311 e. The van der Waals surface area contributed by atoms with Crippen molar-refractivity contribution >= 4 is 11.4 Å². The van der Waals surface area contributed by atoms with Crippen molar-refractivity contribution in [1.82, 2.24) is 0 Å². The second-order valence-corrected chi connectivity index (χ2v) is 5.61. The molecule has 6 heteroatoms. The molecule has 3 rings (SSSR count). The molecule has 0 aromatic heterocycles. The summed E-state index contributed by atoms with van der Waals surface area (Å²) in [7, 11) is 1.69. The first kappa shape index (κ1) is 16.1. The molecule has 0 atom stereocenters. The summed E-state index contributed by atoms with van der Waals surface area (Å²) in [5, 5.41) is 11.1. The number of nitro benzene ring substituents is 1. The summed E-state index contributed by atoms with van der Waals surface area (Å²) < 4.78 is 10.9. The van der Waals surface area contributed by atoms with Crippen LogP contribution >= 0.6 is 0 Å². The first-order chi connectivity index (χ1) is 11.6. The standard InChI is InChI=1S/C18H20N2O4/c1-3-24-18-11-14(7-8-16(18)20(21)22)19-10-9-15-13(12-19)5-4-6-17(15)23-2/h4-8,11H,3,9-10,12H2,1-2H3. The molecule has 6 nitrogen and oxygen atoms in total. The number of nitrogens with zero attached hydrogens (tertiary/aromatic N) is 2. The third-order valence-electron chi connectivity index (χ3n) is 4.25. The third kappa shape index (κ3) is 2.99. The molecule has 0 aliphatic carbocycles. The van der Waals surface area contributed by atoms with E-state index in [-0.39, 0.29) is 5.69 Å². The molecule has 0 amide bonds. The van der Waals surface area contributed by atoms with E-state index in [2.05, 4.69) is 11.0 Å². The Kier molecular flexibility index (Phi) is 4.55. The summed E-state index contributed by atoms with van der Waals surface area (Å²) in [6.45, 7) is 3.79. The first-order valence-electron chi connectivity index (χ1n) is 7.95. The lowest BCUT2D eigenvalue weighted by atomic mass is 9.98. The molecule has 0 unspecified atom stereocenters. The van der Waals surface area contributed by atoms with Crippen molar-refractivity contribution in [2.45, 2.75) is 19.9 Å². The van der Waals surface area contributed by atoms with E-state index in [1.54, 1.807) is 19.2 Å². The van der Waals surface area contributed by atoms with Gasteiger partial charge in [-0.25, -0.2) is 0 Å². The van der Waals surface area contributed by atoms with Crippen LogP contribution in [0.15, 0.2) is 36.4 Å². The molecule has 0 saturated carbocycles. The summed E-state index contributed by atoms with van der Waals surface area (Å²) >= 11 is 0. The number of hydrogen-bond donors (Lipinski definition) is 0. The van der Waals surface area contributed by atoms with Crippen LogP contribution < -0.4 is 14.4 Å². The Bertz CT molecular complexity index is 761. The smallest absolute Gasteiger partial charge is 0.311 e. The van der Waals surface area contributed by atoms with Crippen molar-refractivity contribution in [1.29, 1.82) is 0 Å². The van der Waals surface area contributed by atoms with Gasteiger partial charge in [-0.2, -0.15) is 0 Å². The zero-order chi connectivity index (χ0) is 17.1. The van der Waals surface area contributed by atoms with Crippen LogP contribution in [0.1, 0.15) is 18.1 Å². The molecule has 0 fully saturated rings. The zero-order valence-corrected chi connectivity index (χ0v) is 13.8. The molecule has 126 valence electrons. The topological polar surface area (TPSA) is 64.8 Å². The number of rotatable bonds is 5. The van der Waals surface area contributed by atoms with E-state index in [4.69, 9.17) is 9.47 Å². The van der Waals surface area contributed by atoms with Gasteiger partial charge in [-0.1, -0.05) is 12.1 Å². The maximum atomic E-state index is 11.1. The van der Waals surface area contributed by atoms with E-state index in [1.807, 2.05) is 19.1 Å². The van der Waals surface area contributed by atoms with E-state index in [1.165, 1.54) is 17.2 Å². The van der Waals surface area contributed by atoms with Crippen molar-refractivity contribution in [2.24, 2.45) is 0 Å². The van der Waals surface area contributed by atoms with Gasteiger partial charge in [0.15, 0.2) is 5.75 Å².